The second-order valence-electron chi connectivity index (χ2n) is 15.5. The number of azo groups is 2. The van der Waals surface area contributed by atoms with E-state index >= 15 is 0 Å². The molecule has 3 aromatic carbocycles. The number of para-hydroxylation sites is 4. The monoisotopic (exact) mass is 1080 g/mol. The van der Waals surface area contributed by atoms with Crippen LogP contribution in [0.5, 0.6) is 0 Å². The fraction of sp³-hybridized carbons (Fsp3) is 0.208. The minimum atomic E-state index is -1.25. The molecule has 26 nitrogen and oxygen atoms in total. The van der Waals surface area contributed by atoms with Crippen molar-refractivity contribution in [1.82, 2.24) is 18.3 Å². The Morgan fingerprint density at radius 3 is 1.38 bits per heavy atom. The van der Waals surface area contributed by atoms with E-state index in [9.17, 15) is 49.2 Å². The van der Waals surface area contributed by atoms with Crippen molar-refractivity contribution in [3.05, 3.63) is 157 Å². The summed E-state index contributed by atoms with van der Waals surface area (Å²) >= 11 is 0. The zero-order chi connectivity index (χ0) is 53.1. The number of hydrogen-bond acceptors (Lipinski definition) is 12. The molecule has 0 aliphatic carbocycles. The van der Waals surface area contributed by atoms with Crippen LogP contribution in [0, 0.1) is 0 Å². The lowest BCUT2D eigenvalue weighted by Crippen LogP contribution is -3.00. The van der Waals surface area contributed by atoms with E-state index in [1.54, 1.807) is 138 Å². The van der Waals surface area contributed by atoms with E-state index in [0.29, 0.717) is 45.0 Å². The van der Waals surface area contributed by atoms with E-state index in [4.69, 9.17) is 10.2 Å². The highest BCUT2D eigenvalue weighted by Gasteiger charge is 2.32. The molecule has 396 valence electrons. The molecule has 7 aromatic rings. The van der Waals surface area contributed by atoms with Gasteiger partial charge < -0.3 is 64.6 Å². The third kappa shape index (κ3) is 15.7. The third-order valence-electron chi connectivity index (χ3n) is 10.7. The number of aromatic nitrogens is 6. The molecule has 0 spiro atoms. The molecule has 0 aliphatic heterocycles. The van der Waals surface area contributed by atoms with Crippen LogP contribution in [0.1, 0.15) is 43.8 Å². The number of aliphatic carboxylic acids is 4. The number of aryl methyl sites for hydroxylation is 2. The zero-order valence-corrected chi connectivity index (χ0v) is 41.5. The summed E-state index contributed by atoms with van der Waals surface area (Å²) in [6, 6.07) is 29.8. The van der Waals surface area contributed by atoms with Gasteiger partial charge in [-0.1, -0.05) is 73.7 Å². The van der Waals surface area contributed by atoms with Gasteiger partial charge in [0.1, 0.15) is 13.1 Å². The van der Waals surface area contributed by atoms with Crippen molar-refractivity contribution in [3.8, 4) is 0 Å². The smallest absolute Gasteiger partial charge is 0.509 e. The first-order chi connectivity index (χ1) is 35.7. The van der Waals surface area contributed by atoms with Crippen molar-refractivity contribution >= 4 is 69.8 Å². The Morgan fingerprint density at radius 1 is 0.526 bits per heavy atom. The number of nitrogens with zero attached hydrogens (tertiary/aromatic N) is 14. The number of hydrogen-bond donors (Lipinski definition) is 6. The van der Waals surface area contributed by atoms with Gasteiger partial charge >= 0.3 is 36.1 Å². The van der Waals surface area contributed by atoms with Gasteiger partial charge in [-0.25, -0.2) is 18.7 Å². The van der Waals surface area contributed by atoms with Gasteiger partial charge in [0.25, 0.3) is 12.7 Å². The highest BCUT2D eigenvalue weighted by Crippen LogP contribution is 2.16. The second kappa shape index (κ2) is 28.6. The third-order valence-corrected chi connectivity index (χ3v) is 10.7. The second-order valence-corrected chi connectivity index (χ2v) is 15.5. The van der Waals surface area contributed by atoms with Gasteiger partial charge in [0.15, 0.2) is 38.9 Å². The lowest BCUT2D eigenvalue weighted by molar-refractivity contribution is -0.684. The van der Waals surface area contributed by atoms with Crippen LogP contribution in [0.15, 0.2) is 181 Å². The first-order valence-electron chi connectivity index (χ1n) is 22.4. The number of carboxylic acids is 4. The molecule has 0 amide bonds. The fourth-order valence-corrected chi connectivity index (χ4v) is 7.04. The Kier molecular flexibility index (Phi) is 22.2. The summed E-state index contributed by atoms with van der Waals surface area (Å²) in [6.07, 6.45) is 3.47. The number of amidine groups is 2. The maximum absolute atomic E-state index is 12.2. The largest absolute Gasteiger partial charge is 1.00 e. The van der Waals surface area contributed by atoms with Gasteiger partial charge in [0.2, 0.25) is 17.9 Å². The van der Waals surface area contributed by atoms with Gasteiger partial charge in [0.05, 0.1) is 12.8 Å². The molecule has 28 heteroatoms. The summed E-state index contributed by atoms with van der Waals surface area (Å²) in [6.45, 7) is 1.60. The Labute approximate surface area is 442 Å². The van der Waals surface area contributed by atoms with Gasteiger partial charge in [0, 0.05) is 37.5 Å². The Morgan fingerprint density at radius 2 is 0.947 bits per heavy atom. The van der Waals surface area contributed by atoms with Crippen LogP contribution in [0.25, 0.3) is 22.1 Å². The molecule has 0 radical (unpaired) electrons. The molecule has 4 aromatic heterocycles. The van der Waals surface area contributed by atoms with Gasteiger partial charge in [-0.2, -0.15) is 19.8 Å². The average molecular weight is 1080 g/mol. The molecular weight excluding hydrogens is 1040 g/mol. The standard InChI is InChI=1S/C26H23N7O6.C22H23N7O6.2ClH/c34-23(35)13-15-31-14-7-6-12-22(31)28-30-24(18-8-2-1-3-9-18)29-27-16-21(25(36)37)32-17-33(26(38)39)20-11-5-4-10-19(20)32;1-2-18(25-26-19-9-5-6-11-27(19)12-10-20(30)31)24-23-13-17(21(32)33)28-14-29(22(34)35)16-8-4-3-7-15(16)28;;/h1-12,14,17,21H,13,15-16H2,(H2-,34,35,36,37,38,39);3-9,11,14,17H,2,10,12-13H2,1H3,(H2-,30,31,32,33,34,35);2*1H. The quantitative estimate of drug-likeness (QED) is 0.0196. The van der Waals surface area contributed by atoms with Gasteiger partial charge in [-0.15, -0.1) is 39.8 Å². The van der Waals surface area contributed by atoms with Crippen LogP contribution < -0.4 is 44.9 Å². The van der Waals surface area contributed by atoms with E-state index in [-0.39, 0.29) is 75.5 Å². The van der Waals surface area contributed by atoms with Gasteiger partial charge in [-0.05, 0) is 48.5 Å². The Balaban J connectivity index is 0.000000322. The van der Waals surface area contributed by atoms with Crippen LogP contribution in [0.4, 0.5) is 9.59 Å². The number of fused-ring (bicyclic) bond motifs is 2. The molecular formula is C48H48Cl2N14O12. The number of rotatable bonds is 18. The first-order valence-corrected chi connectivity index (χ1v) is 22.4. The van der Waals surface area contributed by atoms with Crippen LogP contribution in [-0.4, -0.2) is 110 Å². The SMILES string of the molecule is CCC(N=NCC(C(=O)O)[n+]1cn(C(=O)O)c2ccccc21)=NN=c1ccccn1CCC(=O)O.O=C(O)CCn1ccccc1=NN=C(N=NCC(C(=O)O)[n+]1cn(C(=O)O)c2ccccc21)c1ccccc1.[Cl-].[Cl-]. The summed E-state index contributed by atoms with van der Waals surface area (Å²) in [5.41, 5.74) is 2.89. The molecule has 2 atom stereocenters. The van der Waals surface area contributed by atoms with Crippen LogP contribution in [0.3, 0.4) is 0 Å². The van der Waals surface area contributed by atoms with Crippen LogP contribution in [0.2, 0.25) is 0 Å². The highest BCUT2D eigenvalue weighted by atomic mass is 35.5. The fourth-order valence-electron chi connectivity index (χ4n) is 7.04. The lowest BCUT2D eigenvalue weighted by atomic mass is 10.2. The van der Waals surface area contributed by atoms with Crippen molar-refractivity contribution in [2.45, 2.75) is 51.4 Å². The molecule has 7 rings (SSSR count). The summed E-state index contributed by atoms with van der Waals surface area (Å²) in [5, 5.41) is 89.4. The van der Waals surface area contributed by atoms with E-state index < -0.39 is 48.1 Å². The molecule has 6 N–H and O–H groups in total. The van der Waals surface area contributed by atoms with Crippen LogP contribution >= 0.6 is 0 Å². The number of pyridine rings is 2. The van der Waals surface area contributed by atoms with E-state index in [1.807, 2.05) is 6.07 Å². The minimum absolute atomic E-state index is 0. The molecule has 0 saturated carbocycles. The van der Waals surface area contributed by atoms with E-state index in [1.165, 1.54) is 21.8 Å². The molecule has 0 aliphatic rings. The van der Waals surface area contributed by atoms with Crippen molar-refractivity contribution in [2.24, 2.45) is 40.9 Å². The zero-order valence-electron chi connectivity index (χ0n) is 40.0. The molecule has 76 heavy (non-hydrogen) atoms. The predicted octanol–water partition coefficient (Wildman–Crippen LogP) is -1.09. The average Bonchev–Trinajstić information content (AvgIpc) is 3.97. The maximum Gasteiger partial charge on any atom is 0.509 e. The lowest BCUT2D eigenvalue weighted by Gasteiger charge is -2.06. The maximum atomic E-state index is 12.2. The van der Waals surface area contributed by atoms with Crippen molar-refractivity contribution in [1.29, 1.82) is 0 Å². The summed E-state index contributed by atoms with van der Waals surface area (Å²) in [4.78, 5) is 69.2. The number of imidazole rings is 2. The van der Waals surface area contributed by atoms with E-state index in [0.717, 1.165) is 9.13 Å². The summed E-state index contributed by atoms with van der Waals surface area (Å²) in [5.74, 6) is -3.97. The number of carboxylic acid groups (broad SMARTS) is 6. The number of benzene rings is 3. The van der Waals surface area contributed by atoms with Crippen molar-refractivity contribution < 1.29 is 93.4 Å². The molecule has 0 bridgehead atoms. The molecule has 2 unspecified atom stereocenters. The van der Waals surface area contributed by atoms with Crippen molar-refractivity contribution in [3.63, 3.8) is 0 Å². The Bertz CT molecular complexity index is 3480. The molecule has 0 saturated heterocycles. The number of carbonyl (C=O) groups is 6. The summed E-state index contributed by atoms with van der Waals surface area (Å²) < 4.78 is 7.80. The summed E-state index contributed by atoms with van der Waals surface area (Å²) in [7, 11) is 0. The van der Waals surface area contributed by atoms with Gasteiger partial charge in [-0.3, -0.25) is 9.59 Å². The topological polar surface area (TPSA) is 350 Å². The molecule has 0 fully saturated rings. The number of halogens is 2. The van der Waals surface area contributed by atoms with Crippen molar-refractivity contribution in [2.75, 3.05) is 13.1 Å². The Hall–Kier alpha value is -9.56. The highest BCUT2D eigenvalue weighted by molar-refractivity contribution is 5.99. The normalized spacial score (nSPS) is 12.9. The minimum Gasteiger partial charge on any atom is -1.00 e. The van der Waals surface area contributed by atoms with E-state index in [2.05, 4.69) is 40.9 Å². The molecule has 4 heterocycles. The van der Waals surface area contributed by atoms with Crippen LogP contribution in [-0.2, 0) is 32.3 Å². The predicted molar refractivity (Wildman–Crippen MR) is 259 cm³/mol. The first kappa shape index (κ1) is 59.0.